The van der Waals surface area contributed by atoms with Gasteiger partial charge in [-0.05, 0) is 43.1 Å². The maximum Gasteiger partial charge on any atom is 0.410 e. The molecule has 0 aliphatic rings. The van der Waals surface area contributed by atoms with Crippen LogP contribution >= 0.6 is 0 Å². The molecule has 32 heavy (non-hydrogen) atoms. The minimum atomic E-state index is -2.12. The van der Waals surface area contributed by atoms with Crippen LogP contribution in [0.4, 0.5) is 4.79 Å². The number of nitrogens with zero attached hydrogens (tertiary/aromatic N) is 1. The molecule has 174 valence electrons. The number of carbonyl (C=O) groups excluding carboxylic acids is 1. The Kier molecular flexibility index (Phi) is 9.29. The van der Waals surface area contributed by atoms with Gasteiger partial charge in [0, 0.05) is 6.54 Å². The van der Waals surface area contributed by atoms with Crippen molar-refractivity contribution in [2.45, 2.75) is 71.4 Å². The molecule has 2 aromatic rings. The third kappa shape index (κ3) is 6.81. The van der Waals surface area contributed by atoms with Gasteiger partial charge in [-0.15, -0.1) is 0 Å². The number of carbonyl (C=O) groups is 1. The molecule has 2 aromatic carbocycles. The predicted octanol–water partition coefficient (Wildman–Crippen LogP) is 7.35. The molecule has 0 aliphatic heterocycles. The largest absolute Gasteiger partial charge is 0.450 e. The van der Waals surface area contributed by atoms with Crippen LogP contribution in [0, 0.1) is 0 Å². The minimum Gasteiger partial charge on any atom is -0.450 e. The van der Waals surface area contributed by atoms with E-state index < -0.39 is 8.32 Å². The van der Waals surface area contributed by atoms with Crippen LogP contribution < -0.4 is 0 Å². The average molecular weight is 454 g/mol. The van der Waals surface area contributed by atoms with Gasteiger partial charge in [0.25, 0.3) is 0 Å². The summed E-state index contributed by atoms with van der Waals surface area (Å²) in [6.45, 7) is 15.8. The van der Waals surface area contributed by atoms with Gasteiger partial charge in [-0.25, -0.2) is 4.79 Å². The molecule has 4 nitrogen and oxygen atoms in total. The topological polar surface area (TPSA) is 38.8 Å². The lowest BCUT2D eigenvalue weighted by atomic mass is 9.98. The molecule has 0 fully saturated rings. The van der Waals surface area contributed by atoms with E-state index in [4.69, 9.17) is 9.16 Å². The van der Waals surface area contributed by atoms with Crippen molar-refractivity contribution < 1.29 is 14.0 Å². The van der Waals surface area contributed by atoms with Crippen LogP contribution in [0.5, 0.6) is 0 Å². The minimum absolute atomic E-state index is 0.0439. The first-order valence-corrected chi connectivity index (χ1v) is 14.3. The molecule has 0 radical (unpaired) electrons. The quantitative estimate of drug-likeness (QED) is 0.294. The van der Waals surface area contributed by atoms with Gasteiger partial charge in [0.2, 0.25) is 0 Å². The van der Waals surface area contributed by atoms with Crippen molar-refractivity contribution in [3.05, 3.63) is 83.9 Å². The molecule has 1 amide bonds. The Morgan fingerprint density at radius 1 is 1.03 bits per heavy atom. The summed E-state index contributed by atoms with van der Waals surface area (Å²) in [5.74, 6) is 0. The number of ether oxygens (including phenoxy) is 1. The zero-order chi connectivity index (χ0) is 23.8. The summed E-state index contributed by atoms with van der Waals surface area (Å²) in [5.41, 5.74) is 2.08. The van der Waals surface area contributed by atoms with Gasteiger partial charge in [0.1, 0.15) is 0 Å². The summed E-state index contributed by atoms with van der Waals surface area (Å²) in [5, 5.41) is 0.0439. The molecule has 0 aliphatic carbocycles. The van der Waals surface area contributed by atoms with E-state index in [0.29, 0.717) is 13.2 Å². The lowest BCUT2D eigenvalue weighted by Crippen LogP contribution is -2.48. The molecular weight excluding hydrogens is 414 g/mol. The Bertz CT molecular complexity index is 859. The first-order valence-electron chi connectivity index (χ1n) is 11.4. The molecule has 2 rings (SSSR count). The average Bonchev–Trinajstić information content (AvgIpc) is 2.74. The molecule has 0 aromatic heterocycles. The lowest BCUT2D eigenvalue weighted by molar-refractivity contribution is 0.0513. The fraction of sp³-hybridized carbons (Fsp3) is 0.444. The number of hydrogen-bond acceptors (Lipinski definition) is 3. The van der Waals surface area contributed by atoms with Gasteiger partial charge in [-0.2, -0.15) is 0 Å². The fourth-order valence-electron chi connectivity index (χ4n) is 3.38. The predicted molar refractivity (Wildman–Crippen MR) is 135 cm³/mol. The number of rotatable bonds is 9. The van der Waals surface area contributed by atoms with Crippen LogP contribution in [0.3, 0.4) is 0 Å². The van der Waals surface area contributed by atoms with Crippen molar-refractivity contribution >= 4 is 14.4 Å². The van der Waals surface area contributed by atoms with E-state index >= 15 is 0 Å². The molecule has 0 saturated heterocycles. The first kappa shape index (κ1) is 25.9. The van der Waals surface area contributed by atoms with Crippen LogP contribution in [0.2, 0.25) is 18.1 Å². The lowest BCUT2D eigenvalue weighted by Gasteiger charge is -2.43. The SMILES string of the molecule is C/C=C/[C@@H](O[Si](C)(C)C(C)(C)C)C(c1ccccc1)N(Cc1ccccc1)C(=O)OCC. The van der Waals surface area contributed by atoms with E-state index in [-0.39, 0.29) is 23.3 Å². The second-order valence-corrected chi connectivity index (χ2v) is 14.3. The van der Waals surface area contributed by atoms with Crippen molar-refractivity contribution in [2.75, 3.05) is 6.61 Å². The van der Waals surface area contributed by atoms with E-state index in [0.717, 1.165) is 11.1 Å². The highest BCUT2D eigenvalue weighted by Gasteiger charge is 2.42. The summed E-state index contributed by atoms with van der Waals surface area (Å²) >= 11 is 0. The molecular formula is C27H39NO3Si. The number of amides is 1. The summed E-state index contributed by atoms with van der Waals surface area (Å²) < 4.78 is 12.4. The van der Waals surface area contributed by atoms with Crippen molar-refractivity contribution in [2.24, 2.45) is 0 Å². The van der Waals surface area contributed by atoms with Gasteiger partial charge < -0.3 is 9.16 Å². The maximum atomic E-state index is 13.3. The van der Waals surface area contributed by atoms with Gasteiger partial charge in [0.15, 0.2) is 8.32 Å². The number of allylic oxidation sites excluding steroid dienone is 1. The highest BCUT2D eigenvalue weighted by molar-refractivity contribution is 6.74. The van der Waals surface area contributed by atoms with Crippen LogP contribution in [-0.4, -0.2) is 32.0 Å². The highest BCUT2D eigenvalue weighted by atomic mass is 28.4. The Labute approximate surface area is 195 Å². The normalized spacial score (nSPS) is 14.2. The third-order valence-corrected chi connectivity index (χ3v) is 10.6. The molecule has 0 bridgehead atoms. The Morgan fingerprint density at radius 3 is 2.09 bits per heavy atom. The molecule has 0 N–H and O–H groups in total. The van der Waals surface area contributed by atoms with E-state index in [1.54, 1.807) is 0 Å². The number of benzene rings is 2. The monoisotopic (exact) mass is 453 g/mol. The van der Waals surface area contributed by atoms with E-state index in [1.807, 2.05) is 73.4 Å². The molecule has 1 unspecified atom stereocenters. The Hall–Kier alpha value is -2.37. The van der Waals surface area contributed by atoms with Crippen molar-refractivity contribution in [3.8, 4) is 0 Å². The molecule has 0 saturated carbocycles. The standard InChI is InChI=1S/C27H39NO3Si/c1-8-16-24(31-32(6,7)27(3,4)5)25(23-19-14-11-15-20-23)28(26(29)30-9-2)21-22-17-12-10-13-18-22/h8,10-20,24-25H,9,21H2,1-7H3/b16-8+/t24-,25?/m1/s1. The van der Waals surface area contributed by atoms with E-state index in [9.17, 15) is 4.79 Å². The molecule has 0 heterocycles. The van der Waals surface area contributed by atoms with Crippen molar-refractivity contribution in [1.29, 1.82) is 0 Å². The van der Waals surface area contributed by atoms with Crippen LogP contribution in [-0.2, 0) is 15.7 Å². The van der Waals surface area contributed by atoms with Gasteiger partial charge in [0.05, 0.1) is 18.8 Å². The Balaban J connectivity index is 2.59. The fourth-order valence-corrected chi connectivity index (χ4v) is 4.62. The zero-order valence-electron chi connectivity index (χ0n) is 20.7. The molecule has 5 heteroatoms. The van der Waals surface area contributed by atoms with Gasteiger partial charge in [-0.1, -0.05) is 93.6 Å². The maximum absolute atomic E-state index is 13.3. The van der Waals surface area contributed by atoms with Crippen molar-refractivity contribution in [1.82, 2.24) is 4.90 Å². The highest BCUT2D eigenvalue weighted by Crippen LogP contribution is 2.40. The summed E-state index contributed by atoms with van der Waals surface area (Å²) in [4.78, 5) is 15.1. The summed E-state index contributed by atoms with van der Waals surface area (Å²) in [7, 11) is -2.12. The second-order valence-electron chi connectivity index (χ2n) is 9.54. The third-order valence-electron chi connectivity index (χ3n) is 6.11. The number of hydrogen-bond donors (Lipinski definition) is 0. The van der Waals surface area contributed by atoms with Crippen molar-refractivity contribution in [3.63, 3.8) is 0 Å². The first-order chi connectivity index (χ1) is 15.1. The van der Waals surface area contributed by atoms with Crippen LogP contribution in [0.25, 0.3) is 0 Å². The Morgan fingerprint density at radius 2 is 1.59 bits per heavy atom. The van der Waals surface area contributed by atoms with Crippen LogP contribution in [0.1, 0.15) is 51.8 Å². The zero-order valence-corrected chi connectivity index (χ0v) is 21.7. The second kappa shape index (κ2) is 11.5. The van der Waals surface area contributed by atoms with Crippen LogP contribution in [0.15, 0.2) is 72.8 Å². The molecule has 0 spiro atoms. The summed E-state index contributed by atoms with van der Waals surface area (Å²) in [6.07, 6.45) is 3.46. The summed E-state index contributed by atoms with van der Waals surface area (Å²) in [6, 6.07) is 19.8. The van der Waals surface area contributed by atoms with Gasteiger partial charge >= 0.3 is 6.09 Å². The van der Waals surface area contributed by atoms with E-state index in [2.05, 4.69) is 52.1 Å². The molecule has 2 atom stereocenters. The van der Waals surface area contributed by atoms with Gasteiger partial charge in [-0.3, -0.25) is 4.90 Å². The van der Waals surface area contributed by atoms with E-state index in [1.165, 1.54) is 0 Å². The smallest absolute Gasteiger partial charge is 0.410 e.